The molecule has 1 fully saturated rings. The molecule has 2 heterocycles. The number of aryl methyl sites for hydroxylation is 1. The molecule has 0 bridgehead atoms. The monoisotopic (exact) mass is 208 g/mol. The summed E-state index contributed by atoms with van der Waals surface area (Å²) in [5.74, 6) is 3.00. The molecule has 0 aliphatic carbocycles. The van der Waals surface area contributed by atoms with Crippen molar-refractivity contribution in [1.82, 2.24) is 20.1 Å². The van der Waals surface area contributed by atoms with Crippen molar-refractivity contribution < 1.29 is 0 Å². The summed E-state index contributed by atoms with van der Waals surface area (Å²) in [5.41, 5.74) is 0. The molecule has 0 saturated carbocycles. The SMILES string of the molecule is CCn1c(C)nnc1CC1CCNCC1. The van der Waals surface area contributed by atoms with Crippen molar-refractivity contribution in [1.29, 1.82) is 0 Å². The normalized spacial score (nSPS) is 18.3. The first kappa shape index (κ1) is 10.6. The van der Waals surface area contributed by atoms with E-state index in [4.69, 9.17) is 0 Å². The summed E-state index contributed by atoms with van der Waals surface area (Å²) < 4.78 is 2.22. The van der Waals surface area contributed by atoms with Gasteiger partial charge in [-0.2, -0.15) is 0 Å². The summed E-state index contributed by atoms with van der Waals surface area (Å²) in [4.78, 5) is 0. The van der Waals surface area contributed by atoms with Crippen LogP contribution in [0.25, 0.3) is 0 Å². The Kier molecular flexibility index (Phi) is 3.36. The second kappa shape index (κ2) is 4.75. The Labute approximate surface area is 91.1 Å². The first-order valence-corrected chi connectivity index (χ1v) is 5.90. The van der Waals surface area contributed by atoms with Gasteiger partial charge in [-0.3, -0.25) is 0 Å². The van der Waals surface area contributed by atoms with Crippen molar-refractivity contribution in [3.05, 3.63) is 11.6 Å². The standard InChI is InChI=1S/C11H20N4/c1-3-15-9(2)13-14-11(15)8-10-4-6-12-7-5-10/h10,12H,3-8H2,1-2H3. The van der Waals surface area contributed by atoms with E-state index in [0.717, 1.165) is 37.8 Å². The molecule has 1 aliphatic rings. The average Bonchev–Trinajstić information content (AvgIpc) is 2.61. The van der Waals surface area contributed by atoms with E-state index in [-0.39, 0.29) is 0 Å². The second-order valence-corrected chi connectivity index (χ2v) is 4.31. The van der Waals surface area contributed by atoms with Crippen LogP contribution in [0.2, 0.25) is 0 Å². The smallest absolute Gasteiger partial charge is 0.133 e. The lowest BCUT2D eigenvalue weighted by atomic mass is 9.94. The number of hydrogen-bond donors (Lipinski definition) is 1. The quantitative estimate of drug-likeness (QED) is 0.810. The van der Waals surface area contributed by atoms with Crippen molar-refractivity contribution in [2.24, 2.45) is 5.92 Å². The van der Waals surface area contributed by atoms with Crippen molar-refractivity contribution in [3.63, 3.8) is 0 Å². The fourth-order valence-electron chi connectivity index (χ4n) is 2.33. The van der Waals surface area contributed by atoms with Gasteiger partial charge in [-0.05, 0) is 45.7 Å². The summed E-state index contributed by atoms with van der Waals surface area (Å²) in [5, 5.41) is 11.8. The van der Waals surface area contributed by atoms with Crippen molar-refractivity contribution in [3.8, 4) is 0 Å². The van der Waals surface area contributed by atoms with Crippen LogP contribution in [0.3, 0.4) is 0 Å². The van der Waals surface area contributed by atoms with E-state index in [0.29, 0.717) is 0 Å². The van der Waals surface area contributed by atoms with E-state index in [1.165, 1.54) is 18.7 Å². The molecule has 84 valence electrons. The Morgan fingerprint density at radius 3 is 2.73 bits per heavy atom. The van der Waals surface area contributed by atoms with Crippen molar-refractivity contribution >= 4 is 0 Å². The predicted molar refractivity (Wildman–Crippen MR) is 59.7 cm³/mol. The molecule has 2 rings (SSSR count). The number of nitrogens with zero attached hydrogens (tertiary/aromatic N) is 3. The van der Waals surface area contributed by atoms with Crippen LogP contribution in [0.1, 0.15) is 31.4 Å². The van der Waals surface area contributed by atoms with Gasteiger partial charge < -0.3 is 9.88 Å². The van der Waals surface area contributed by atoms with Gasteiger partial charge in [0, 0.05) is 13.0 Å². The molecule has 0 aromatic carbocycles. The van der Waals surface area contributed by atoms with Gasteiger partial charge in [0.25, 0.3) is 0 Å². The van der Waals surface area contributed by atoms with Gasteiger partial charge in [0.05, 0.1) is 0 Å². The maximum absolute atomic E-state index is 4.27. The van der Waals surface area contributed by atoms with Gasteiger partial charge in [-0.25, -0.2) is 0 Å². The highest BCUT2D eigenvalue weighted by Gasteiger charge is 2.17. The van der Waals surface area contributed by atoms with Gasteiger partial charge in [0.15, 0.2) is 0 Å². The minimum atomic E-state index is 0.792. The lowest BCUT2D eigenvalue weighted by molar-refractivity contribution is 0.363. The first-order valence-electron chi connectivity index (χ1n) is 5.90. The highest BCUT2D eigenvalue weighted by atomic mass is 15.3. The van der Waals surface area contributed by atoms with Crippen LogP contribution in [0, 0.1) is 12.8 Å². The van der Waals surface area contributed by atoms with Crippen LogP contribution >= 0.6 is 0 Å². The highest BCUT2D eigenvalue weighted by Crippen LogP contribution is 2.17. The van der Waals surface area contributed by atoms with Gasteiger partial charge in [-0.1, -0.05) is 0 Å². The number of nitrogens with one attached hydrogen (secondary N) is 1. The molecule has 15 heavy (non-hydrogen) atoms. The molecular formula is C11H20N4. The Morgan fingerprint density at radius 1 is 1.33 bits per heavy atom. The van der Waals surface area contributed by atoms with Crippen LogP contribution in [0.5, 0.6) is 0 Å². The molecule has 1 aromatic heterocycles. The van der Waals surface area contributed by atoms with Gasteiger partial charge in [0.2, 0.25) is 0 Å². The Balaban J connectivity index is 2.02. The minimum Gasteiger partial charge on any atom is -0.317 e. The van der Waals surface area contributed by atoms with Gasteiger partial charge >= 0.3 is 0 Å². The Bertz CT molecular complexity index is 312. The third-order valence-electron chi connectivity index (χ3n) is 3.26. The summed E-state index contributed by atoms with van der Waals surface area (Å²) in [6, 6.07) is 0. The lowest BCUT2D eigenvalue weighted by Crippen LogP contribution is -2.29. The average molecular weight is 208 g/mol. The fourth-order valence-corrected chi connectivity index (χ4v) is 2.33. The van der Waals surface area contributed by atoms with Crippen LogP contribution in [-0.2, 0) is 13.0 Å². The third-order valence-corrected chi connectivity index (χ3v) is 3.26. The molecule has 1 aliphatic heterocycles. The van der Waals surface area contributed by atoms with Crippen LogP contribution in [0.4, 0.5) is 0 Å². The molecule has 0 atom stereocenters. The molecule has 1 N–H and O–H groups in total. The van der Waals surface area contributed by atoms with Crippen molar-refractivity contribution in [2.75, 3.05) is 13.1 Å². The summed E-state index contributed by atoms with van der Waals surface area (Å²) in [6.45, 7) is 7.48. The molecule has 0 spiro atoms. The minimum absolute atomic E-state index is 0.792. The maximum Gasteiger partial charge on any atom is 0.133 e. The van der Waals surface area contributed by atoms with Crippen LogP contribution in [0.15, 0.2) is 0 Å². The lowest BCUT2D eigenvalue weighted by Gasteiger charge is -2.22. The number of hydrogen-bond acceptors (Lipinski definition) is 3. The van der Waals surface area contributed by atoms with Crippen LogP contribution < -0.4 is 5.32 Å². The van der Waals surface area contributed by atoms with E-state index in [1.54, 1.807) is 0 Å². The molecule has 0 radical (unpaired) electrons. The van der Waals surface area contributed by atoms with E-state index < -0.39 is 0 Å². The maximum atomic E-state index is 4.27. The Hall–Kier alpha value is -0.900. The molecular weight excluding hydrogens is 188 g/mol. The molecule has 0 amide bonds. The number of rotatable bonds is 3. The molecule has 4 heteroatoms. The van der Waals surface area contributed by atoms with Gasteiger partial charge in [-0.15, -0.1) is 10.2 Å². The van der Waals surface area contributed by atoms with Crippen molar-refractivity contribution in [2.45, 2.75) is 39.7 Å². The van der Waals surface area contributed by atoms with E-state index in [1.807, 2.05) is 6.92 Å². The van der Waals surface area contributed by atoms with Gasteiger partial charge in [0.1, 0.15) is 11.6 Å². The predicted octanol–water partition coefficient (Wildman–Crippen LogP) is 1.15. The van der Waals surface area contributed by atoms with E-state index >= 15 is 0 Å². The topological polar surface area (TPSA) is 42.7 Å². The molecule has 0 unspecified atom stereocenters. The zero-order chi connectivity index (χ0) is 10.7. The largest absolute Gasteiger partial charge is 0.317 e. The third kappa shape index (κ3) is 2.37. The Morgan fingerprint density at radius 2 is 2.07 bits per heavy atom. The summed E-state index contributed by atoms with van der Waals surface area (Å²) in [6.07, 6.45) is 3.64. The summed E-state index contributed by atoms with van der Waals surface area (Å²) in [7, 11) is 0. The number of aromatic nitrogens is 3. The fraction of sp³-hybridized carbons (Fsp3) is 0.818. The van der Waals surface area contributed by atoms with E-state index in [9.17, 15) is 0 Å². The zero-order valence-electron chi connectivity index (χ0n) is 9.66. The molecule has 1 saturated heterocycles. The molecule has 4 nitrogen and oxygen atoms in total. The molecule has 1 aromatic rings. The highest BCUT2D eigenvalue weighted by molar-refractivity contribution is 4.95. The zero-order valence-corrected chi connectivity index (χ0v) is 9.66. The second-order valence-electron chi connectivity index (χ2n) is 4.31. The number of piperidine rings is 1. The van der Waals surface area contributed by atoms with E-state index in [2.05, 4.69) is 27.0 Å². The van der Waals surface area contributed by atoms with Crippen LogP contribution in [-0.4, -0.2) is 27.9 Å². The summed E-state index contributed by atoms with van der Waals surface area (Å²) >= 11 is 0. The first-order chi connectivity index (χ1) is 7.31.